The average Bonchev–Trinajstić information content (AvgIpc) is 2.86. The summed E-state index contributed by atoms with van der Waals surface area (Å²) in [5.74, 6) is 1.30. The third kappa shape index (κ3) is 5.60. The number of rotatable bonds is 8. The van der Waals surface area contributed by atoms with Crippen molar-refractivity contribution in [3.8, 4) is 22.6 Å². The molecular formula is C29H27NO3. The van der Waals surface area contributed by atoms with Gasteiger partial charge in [-0.3, -0.25) is 4.79 Å². The first-order valence-electron chi connectivity index (χ1n) is 11.0. The lowest BCUT2D eigenvalue weighted by Gasteiger charge is -2.14. The summed E-state index contributed by atoms with van der Waals surface area (Å²) in [4.78, 5) is 12.8. The molecule has 0 aliphatic heterocycles. The predicted octanol–water partition coefficient (Wildman–Crippen LogP) is 6.89. The normalized spacial score (nSPS) is 10.5. The molecular weight excluding hydrogens is 410 g/mol. The van der Waals surface area contributed by atoms with Gasteiger partial charge >= 0.3 is 0 Å². The molecule has 4 aromatic rings. The number of carbonyl (C=O) groups excluding carboxylic acids is 1. The van der Waals surface area contributed by atoms with E-state index in [0.717, 1.165) is 33.7 Å². The van der Waals surface area contributed by atoms with E-state index in [1.807, 2.05) is 92.7 Å². The maximum absolute atomic E-state index is 12.8. The number of para-hydroxylation sites is 1. The van der Waals surface area contributed by atoms with Gasteiger partial charge in [0.05, 0.1) is 6.61 Å². The van der Waals surface area contributed by atoms with Crippen LogP contribution in [0.1, 0.15) is 28.4 Å². The molecule has 0 aromatic heterocycles. The fourth-order valence-corrected chi connectivity index (χ4v) is 3.57. The molecule has 0 saturated carbocycles. The van der Waals surface area contributed by atoms with Crippen LogP contribution in [0.4, 0.5) is 5.69 Å². The smallest absolute Gasteiger partial charge is 0.255 e. The van der Waals surface area contributed by atoms with Gasteiger partial charge in [-0.1, -0.05) is 60.7 Å². The van der Waals surface area contributed by atoms with Gasteiger partial charge in [0.1, 0.15) is 18.1 Å². The number of aryl methyl sites for hydroxylation is 1. The van der Waals surface area contributed by atoms with Crippen molar-refractivity contribution in [2.75, 3.05) is 11.9 Å². The Morgan fingerprint density at radius 3 is 2.21 bits per heavy atom. The molecule has 0 atom stereocenters. The fourth-order valence-electron chi connectivity index (χ4n) is 3.57. The second kappa shape index (κ2) is 10.5. The molecule has 4 aromatic carbocycles. The number of hydrogen-bond acceptors (Lipinski definition) is 3. The third-order valence-corrected chi connectivity index (χ3v) is 5.37. The van der Waals surface area contributed by atoms with Gasteiger partial charge in [-0.25, -0.2) is 0 Å². The van der Waals surface area contributed by atoms with Gasteiger partial charge in [-0.2, -0.15) is 0 Å². The highest BCUT2D eigenvalue weighted by molar-refractivity contribution is 6.04. The molecule has 0 aliphatic carbocycles. The van der Waals surface area contributed by atoms with Crippen LogP contribution in [0.5, 0.6) is 11.5 Å². The van der Waals surface area contributed by atoms with E-state index in [0.29, 0.717) is 24.5 Å². The number of hydrogen-bond donors (Lipinski definition) is 1. The van der Waals surface area contributed by atoms with Crippen LogP contribution >= 0.6 is 0 Å². The van der Waals surface area contributed by atoms with Crippen molar-refractivity contribution in [1.29, 1.82) is 0 Å². The zero-order chi connectivity index (χ0) is 23.0. The van der Waals surface area contributed by atoms with Crippen LogP contribution in [0.3, 0.4) is 0 Å². The maximum atomic E-state index is 12.8. The number of anilines is 1. The molecule has 0 radical (unpaired) electrons. The van der Waals surface area contributed by atoms with Crippen molar-refractivity contribution >= 4 is 11.6 Å². The molecule has 4 nitrogen and oxygen atoms in total. The maximum Gasteiger partial charge on any atom is 0.255 e. The van der Waals surface area contributed by atoms with E-state index in [4.69, 9.17) is 9.47 Å². The van der Waals surface area contributed by atoms with Crippen molar-refractivity contribution in [2.45, 2.75) is 20.5 Å². The molecule has 0 heterocycles. The largest absolute Gasteiger partial charge is 0.493 e. The quantitative estimate of drug-likeness (QED) is 0.326. The van der Waals surface area contributed by atoms with Crippen LogP contribution in [0, 0.1) is 6.92 Å². The zero-order valence-electron chi connectivity index (χ0n) is 18.9. The molecule has 0 spiro atoms. The van der Waals surface area contributed by atoms with Gasteiger partial charge in [0.25, 0.3) is 5.91 Å². The highest BCUT2D eigenvalue weighted by Gasteiger charge is 2.13. The Balaban J connectivity index is 1.49. The molecule has 4 rings (SSSR count). The van der Waals surface area contributed by atoms with E-state index in [1.165, 1.54) is 0 Å². The summed E-state index contributed by atoms with van der Waals surface area (Å²) in [6.07, 6.45) is 0. The lowest BCUT2D eigenvalue weighted by molar-refractivity contribution is 0.102. The van der Waals surface area contributed by atoms with Crippen LogP contribution in [-0.2, 0) is 6.61 Å². The summed E-state index contributed by atoms with van der Waals surface area (Å²) < 4.78 is 11.8. The SMILES string of the molecule is CCOc1ccc(C(=O)Nc2ccccc2C)cc1COc1ccc(-c2ccccc2)cc1. The minimum absolute atomic E-state index is 0.166. The monoisotopic (exact) mass is 437 g/mol. The second-order valence-corrected chi connectivity index (χ2v) is 7.70. The molecule has 0 unspecified atom stereocenters. The third-order valence-electron chi connectivity index (χ3n) is 5.37. The Bertz CT molecular complexity index is 1220. The number of ether oxygens (including phenoxy) is 2. The summed E-state index contributed by atoms with van der Waals surface area (Å²) in [5.41, 5.74) is 5.48. The molecule has 4 heteroatoms. The Labute approximate surface area is 194 Å². The molecule has 1 N–H and O–H groups in total. The van der Waals surface area contributed by atoms with Crippen molar-refractivity contribution in [1.82, 2.24) is 0 Å². The molecule has 166 valence electrons. The number of carbonyl (C=O) groups is 1. The van der Waals surface area contributed by atoms with Gasteiger partial charge in [0.2, 0.25) is 0 Å². The topological polar surface area (TPSA) is 47.6 Å². The Morgan fingerprint density at radius 2 is 1.48 bits per heavy atom. The minimum Gasteiger partial charge on any atom is -0.493 e. The average molecular weight is 438 g/mol. The molecule has 0 fully saturated rings. The number of amides is 1. The summed E-state index contributed by atoms with van der Waals surface area (Å²) in [6, 6.07) is 31.4. The van der Waals surface area contributed by atoms with Crippen molar-refractivity contribution < 1.29 is 14.3 Å². The van der Waals surface area contributed by atoms with Crippen LogP contribution in [0.25, 0.3) is 11.1 Å². The van der Waals surface area contributed by atoms with E-state index in [9.17, 15) is 4.79 Å². The highest BCUT2D eigenvalue weighted by Crippen LogP contribution is 2.26. The predicted molar refractivity (Wildman–Crippen MR) is 133 cm³/mol. The van der Waals surface area contributed by atoms with Gasteiger partial charge in [-0.15, -0.1) is 0 Å². The van der Waals surface area contributed by atoms with Gasteiger partial charge < -0.3 is 14.8 Å². The standard InChI is InChI=1S/C29H27NO3/c1-3-32-28-18-15-24(29(31)30-27-12-8-7-9-21(27)2)19-25(28)20-33-26-16-13-23(14-17-26)22-10-5-4-6-11-22/h4-19H,3,20H2,1-2H3,(H,30,31). The second-order valence-electron chi connectivity index (χ2n) is 7.70. The first-order valence-corrected chi connectivity index (χ1v) is 11.0. The Hall–Kier alpha value is -4.05. The highest BCUT2D eigenvalue weighted by atomic mass is 16.5. The Kier molecular flexibility index (Phi) is 7.06. The van der Waals surface area contributed by atoms with Crippen molar-refractivity contribution in [3.05, 3.63) is 114 Å². The van der Waals surface area contributed by atoms with Crippen LogP contribution in [0.15, 0.2) is 97.1 Å². The van der Waals surface area contributed by atoms with Crippen molar-refractivity contribution in [2.24, 2.45) is 0 Å². The molecule has 1 amide bonds. The first kappa shape index (κ1) is 22.2. The lowest BCUT2D eigenvalue weighted by Crippen LogP contribution is -2.13. The minimum atomic E-state index is -0.166. The summed E-state index contributed by atoms with van der Waals surface area (Å²) in [5, 5.41) is 2.98. The van der Waals surface area contributed by atoms with Crippen LogP contribution < -0.4 is 14.8 Å². The van der Waals surface area contributed by atoms with Gasteiger partial charge in [-0.05, 0) is 66.9 Å². The van der Waals surface area contributed by atoms with E-state index < -0.39 is 0 Å². The van der Waals surface area contributed by atoms with E-state index in [2.05, 4.69) is 17.4 Å². The van der Waals surface area contributed by atoms with E-state index in [-0.39, 0.29) is 5.91 Å². The summed E-state index contributed by atoms with van der Waals surface area (Å²) in [6.45, 7) is 4.74. The van der Waals surface area contributed by atoms with Gasteiger partial charge in [0.15, 0.2) is 0 Å². The summed E-state index contributed by atoms with van der Waals surface area (Å²) >= 11 is 0. The first-order chi connectivity index (χ1) is 16.1. The molecule has 0 aliphatic rings. The molecule has 0 bridgehead atoms. The number of benzene rings is 4. The fraction of sp³-hybridized carbons (Fsp3) is 0.138. The van der Waals surface area contributed by atoms with Crippen molar-refractivity contribution in [3.63, 3.8) is 0 Å². The zero-order valence-corrected chi connectivity index (χ0v) is 18.9. The van der Waals surface area contributed by atoms with Crippen LogP contribution in [0.2, 0.25) is 0 Å². The van der Waals surface area contributed by atoms with E-state index in [1.54, 1.807) is 6.07 Å². The van der Waals surface area contributed by atoms with Gasteiger partial charge in [0, 0.05) is 16.8 Å². The number of nitrogens with one attached hydrogen (secondary N) is 1. The Morgan fingerprint density at radius 1 is 0.788 bits per heavy atom. The summed E-state index contributed by atoms with van der Waals surface area (Å²) in [7, 11) is 0. The molecule has 0 saturated heterocycles. The van der Waals surface area contributed by atoms with E-state index >= 15 is 0 Å². The van der Waals surface area contributed by atoms with Crippen LogP contribution in [-0.4, -0.2) is 12.5 Å². The lowest BCUT2D eigenvalue weighted by atomic mass is 10.1. The molecule has 33 heavy (non-hydrogen) atoms.